The number of nitrogens with one attached hydrogen (secondary N) is 2. The average Bonchev–Trinajstić information content (AvgIpc) is 3.42. The van der Waals surface area contributed by atoms with E-state index >= 15 is 0 Å². The number of nitrogens with zero attached hydrogens (tertiary/aromatic N) is 3. The van der Waals surface area contributed by atoms with Crippen LogP contribution < -0.4 is 4.72 Å². The van der Waals surface area contributed by atoms with Crippen LogP contribution in [0.15, 0.2) is 47.6 Å². The summed E-state index contributed by atoms with van der Waals surface area (Å²) in [6.45, 7) is 3.68. The molecule has 1 unspecified atom stereocenters. The maximum atomic E-state index is 13.4. The Morgan fingerprint density at radius 3 is 2.79 bits per heavy atom. The summed E-state index contributed by atoms with van der Waals surface area (Å²) in [7, 11) is -4.06. The highest BCUT2D eigenvalue weighted by Crippen LogP contribution is 2.30. The molecule has 1 fully saturated rings. The second kappa shape index (κ2) is 9.59. The predicted octanol–water partition coefficient (Wildman–Crippen LogP) is 3.49. The van der Waals surface area contributed by atoms with Gasteiger partial charge in [0.15, 0.2) is 0 Å². The number of halogens is 1. The van der Waals surface area contributed by atoms with Crippen LogP contribution in [0.25, 0.3) is 10.9 Å². The van der Waals surface area contributed by atoms with Crippen LogP contribution in [-0.2, 0) is 21.4 Å². The summed E-state index contributed by atoms with van der Waals surface area (Å²) >= 11 is 6.25. The molecule has 33 heavy (non-hydrogen) atoms. The lowest BCUT2D eigenvalue weighted by Crippen LogP contribution is -2.50. The van der Waals surface area contributed by atoms with E-state index in [-0.39, 0.29) is 17.2 Å². The molecule has 2 N–H and O–H groups in total. The Labute approximate surface area is 198 Å². The Balaban J connectivity index is 1.62. The van der Waals surface area contributed by atoms with Crippen LogP contribution in [0.1, 0.15) is 31.9 Å². The molecule has 0 saturated carbocycles. The van der Waals surface area contributed by atoms with E-state index in [9.17, 15) is 18.5 Å². The van der Waals surface area contributed by atoms with Crippen molar-refractivity contribution >= 4 is 38.4 Å². The fourth-order valence-corrected chi connectivity index (χ4v) is 6.03. The Hall–Kier alpha value is -2.80. The highest BCUT2D eigenvalue weighted by Gasteiger charge is 2.32. The number of piperidine rings is 1. The molecule has 0 aliphatic carbocycles. The molecule has 3 heterocycles. The van der Waals surface area contributed by atoms with E-state index in [2.05, 4.69) is 22.7 Å². The first kappa shape index (κ1) is 23.4. The van der Waals surface area contributed by atoms with Gasteiger partial charge in [0.25, 0.3) is 0 Å². The fraction of sp³-hybridized carbons (Fsp3) is 0.391. The molecule has 4 rings (SSSR count). The zero-order chi connectivity index (χ0) is 23.6. The van der Waals surface area contributed by atoms with Crippen molar-refractivity contribution < 1.29 is 13.2 Å². The molecule has 1 amide bonds. The maximum Gasteiger partial charge on any atom is 0.242 e. The number of likely N-dealkylation sites (tertiary alicyclic amines) is 1. The zero-order valence-electron chi connectivity index (χ0n) is 18.3. The summed E-state index contributed by atoms with van der Waals surface area (Å²) in [4.78, 5) is 18.1. The molecule has 0 radical (unpaired) electrons. The number of benzene rings is 1. The van der Waals surface area contributed by atoms with Crippen molar-refractivity contribution in [2.75, 3.05) is 13.1 Å². The summed E-state index contributed by atoms with van der Waals surface area (Å²) in [5.41, 5.74) is 1.06. The van der Waals surface area contributed by atoms with Gasteiger partial charge in [-0.05, 0) is 49.4 Å². The van der Waals surface area contributed by atoms with Crippen molar-refractivity contribution in [3.8, 4) is 6.07 Å². The lowest BCUT2D eigenvalue weighted by atomic mass is 9.98. The van der Waals surface area contributed by atoms with Crippen molar-refractivity contribution in [2.45, 2.75) is 43.7 Å². The first-order valence-corrected chi connectivity index (χ1v) is 12.8. The number of carbonyl (C=O) groups excluding carboxylic acids is 1. The van der Waals surface area contributed by atoms with Gasteiger partial charge in [0.05, 0.1) is 9.92 Å². The number of aryl methyl sites for hydroxylation is 1. The smallest absolute Gasteiger partial charge is 0.242 e. The van der Waals surface area contributed by atoms with Gasteiger partial charge < -0.3 is 14.5 Å². The van der Waals surface area contributed by atoms with Gasteiger partial charge >= 0.3 is 0 Å². The van der Waals surface area contributed by atoms with E-state index in [1.54, 1.807) is 39.9 Å². The number of carbonyl (C=O) groups is 1. The highest BCUT2D eigenvalue weighted by molar-refractivity contribution is 7.89. The van der Waals surface area contributed by atoms with Crippen LogP contribution in [0, 0.1) is 17.2 Å². The van der Waals surface area contributed by atoms with Crippen molar-refractivity contribution in [2.24, 2.45) is 5.92 Å². The van der Waals surface area contributed by atoms with Gasteiger partial charge in [-0.15, -0.1) is 0 Å². The van der Waals surface area contributed by atoms with E-state index in [0.717, 1.165) is 12.8 Å². The molecule has 174 valence electrons. The second-order valence-electron chi connectivity index (χ2n) is 8.48. The number of H-pyrrole nitrogens is 1. The minimum atomic E-state index is -4.06. The Bertz CT molecular complexity index is 1300. The number of sulfonamides is 1. The highest BCUT2D eigenvalue weighted by atomic mass is 35.5. The molecule has 10 heteroatoms. The summed E-state index contributed by atoms with van der Waals surface area (Å²) in [5, 5.41) is 9.97. The quantitative estimate of drug-likeness (QED) is 0.531. The monoisotopic (exact) mass is 487 g/mol. The van der Waals surface area contributed by atoms with Crippen molar-refractivity contribution in [1.29, 1.82) is 5.26 Å². The van der Waals surface area contributed by atoms with E-state index in [1.165, 1.54) is 12.3 Å². The predicted molar refractivity (Wildman–Crippen MR) is 126 cm³/mol. The van der Waals surface area contributed by atoms with Crippen molar-refractivity contribution in [1.82, 2.24) is 19.2 Å². The SMILES string of the molecule is CC1CCN(C(=O)C(CCn2cccc2C#N)NS(=O)(=O)c2cccc3[nH]cc(Cl)c23)CC1. The minimum absolute atomic E-state index is 0.0231. The third-order valence-corrected chi connectivity index (χ3v) is 8.01. The molecular formula is C23H26ClN5O3S. The van der Waals surface area contributed by atoms with Gasteiger partial charge in [-0.25, -0.2) is 8.42 Å². The van der Waals surface area contributed by atoms with E-state index in [0.29, 0.717) is 47.2 Å². The number of rotatable bonds is 7. The summed E-state index contributed by atoms with van der Waals surface area (Å²) in [5.74, 6) is 0.291. The molecule has 0 bridgehead atoms. The summed E-state index contributed by atoms with van der Waals surface area (Å²) in [6, 6.07) is 9.42. The number of amides is 1. The molecule has 8 nitrogen and oxygen atoms in total. The molecule has 2 aromatic heterocycles. The van der Waals surface area contributed by atoms with Crippen LogP contribution in [0.3, 0.4) is 0 Å². The molecule has 1 aliphatic rings. The third kappa shape index (κ3) is 4.93. The van der Waals surface area contributed by atoms with Crippen molar-refractivity contribution in [3.63, 3.8) is 0 Å². The van der Waals surface area contributed by atoms with Crippen LogP contribution in [0.5, 0.6) is 0 Å². The topological polar surface area (TPSA) is 111 Å². The lowest BCUT2D eigenvalue weighted by Gasteiger charge is -2.33. The van der Waals surface area contributed by atoms with Gasteiger partial charge in [0.1, 0.15) is 17.8 Å². The standard InChI is InChI=1S/C23H26ClN5O3S/c1-16-7-11-29(12-8-16)23(30)20(9-13-28-10-3-4-17(28)14-25)27-33(31,32)21-6-2-5-19-22(21)18(24)15-26-19/h2-6,10,15-16,20,26-27H,7-9,11-13H2,1H3. The lowest BCUT2D eigenvalue weighted by molar-refractivity contribution is -0.134. The van der Waals surface area contributed by atoms with E-state index in [4.69, 9.17) is 11.6 Å². The number of hydrogen-bond donors (Lipinski definition) is 2. The molecule has 1 aromatic carbocycles. The van der Waals surface area contributed by atoms with Gasteiger partial charge in [-0.1, -0.05) is 24.6 Å². The first-order valence-electron chi connectivity index (χ1n) is 10.9. The Kier molecular flexibility index (Phi) is 6.79. The minimum Gasteiger partial charge on any atom is -0.360 e. The molecule has 1 saturated heterocycles. The number of fused-ring (bicyclic) bond motifs is 1. The molecule has 3 aromatic rings. The zero-order valence-corrected chi connectivity index (χ0v) is 19.9. The van der Waals surface area contributed by atoms with Gasteiger partial charge in [0, 0.05) is 42.9 Å². The van der Waals surface area contributed by atoms with Gasteiger partial charge in [-0.2, -0.15) is 9.98 Å². The third-order valence-electron chi connectivity index (χ3n) is 6.20. The number of hydrogen-bond acceptors (Lipinski definition) is 4. The van der Waals surface area contributed by atoms with E-state index < -0.39 is 16.1 Å². The van der Waals surface area contributed by atoms with Gasteiger partial charge in [-0.3, -0.25) is 4.79 Å². The average molecular weight is 488 g/mol. The maximum absolute atomic E-state index is 13.4. The normalized spacial score (nSPS) is 16.1. The fourth-order valence-electron chi connectivity index (χ4n) is 4.25. The first-order chi connectivity index (χ1) is 15.8. The van der Waals surface area contributed by atoms with Crippen LogP contribution >= 0.6 is 11.6 Å². The molecule has 1 aliphatic heterocycles. The van der Waals surface area contributed by atoms with E-state index in [1.807, 2.05) is 0 Å². The van der Waals surface area contributed by atoms with Crippen LogP contribution in [-0.4, -0.2) is 47.9 Å². The molecule has 0 spiro atoms. The van der Waals surface area contributed by atoms with Crippen molar-refractivity contribution in [3.05, 3.63) is 53.4 Å². The molecular weight excluding hydrogens is 462 g/mol. The Morgan fingerprint density at radius 1 is 1.30 bits per heavy atom. The van der Waals surface area contributed by atoms with Crippen LogP contribution in [0.4, 0.5) is 0 Å². The Morgan fingerprint density at radius 2 is 2.06 bits per heavy atom. The van der Waals surface area contributed by atoms with Gasteiger partial charge in [0.2, 0.25) is 15.9 Å². The number of nitriles is 1. The number of aromatic amines is 1. The summed E-state index contributed by atoms with van der Waals surface area (Å²) in [6.07, 6.45) is 5.28. The second-order valence-corrected chi connectivity index (χ2v) is 10.6. The largest absolute Gasteiger partial charge is 0.360 e. The number of aromatic nitrogens is 2. The molecule has 1 atom stereocenters. The summed E-state index contributed by atoms with van der Waals surface area (Å²) < 4.78 is 31.2. The van der Waals surface area contributed by atoms with Crippen LogP contribution in [0.2, 0.25) is 5.02 Å².